The average molecular weight is 597 g/mol. The first kappa shape index (κ1) is 28.3. The molecule has 3 aliphatic heterocycles. The van der Waals surface area contributed by atoms with E-state index in [9.17, 15) is 14.4 Å². The summed E-state index contributed by atoms with van der Waals surface area (Å²) in [6.45, 7) is 1.99. The van der Waals surface area contributed by atoms with Gasteiger partial charge in [-0.05, 0) is 56.4 Å². The molecule has 4 aliphatic rings. The molecule has 2 N–H and O–H groups in total. The van der Waals surface area contributed by atoms with Crippen molar-refractivity contribution in [3.05, 3.63) is 76.3 Å². The Bertz CT molecular complexity index is 1360. The highest BCUT2D eigenvalue weighted by molar-refractivity contribution is 6.42. The maximum absolute atomic E-state index is 14.3. The SMILES string of the molecule is C[C@H](CCc1ccccc1)N1C(=O)[C@@H]2[C@@H](C(=O)Nc3ccc(Cl)c(Cl)c3)[C@@H]3C=C[C@@]2(O3)[C@H]1C(=O)NC1CCCCC1. The van der Waals surface area contributed by atoms with Gasteiger partial charge in [-0.2, -0.15) is 0 Å². The number of nitrogens with one attached hydrogen (secondary N) is 2. The molecule has 1 aliphatic carbocycles. The first-order valence-electron chi connectivity index (χ1n) is 14.6. The second kappa shape index (κ2) is 11.4. The van der Waals surface area contributed by atoms with Crippen molar-refractivity contribution in [2.24, 2.45) is 11.8 Å². The molecule has 1 spiro atoms. The van der Waals surface area contributed by atoms with Crippen LogP contribution in [0.15, 0.2) is 60.7 Å². The number of benzene rings is 2. The van der Waals surface area contributed by atoms with Crippen LogP contribution in [0.25, 0.3) is 0 Å². The van der Waals surface area contributed by atoms with Crippen molar-refractivity contribution in [2.45, 2.75) is 81.7 Å². The molecule has 1 saturated carbocycles. The van der Waals surface area contributed by atoms with Crippen LogP contribution in [-0.4, -0.2) is 52.5 Å². The third-order valence-electron chi connectivity index (χ3n) is 9.17. The van der Waals surface area contributed by atoms with Gasteiger partial charge in [-0.25, -0.2) is 0 Å². The molecule has 0 aromatic heterocycles. The predicted octanol–water partition coefficient (Wildman–Crippen LogP) is 5.55. The number of carbonyl (C=O) groups excluding carboxylic acids is 3. The van der Waals surface area contributed by atoms with Gasteiger partial charge in [0.2, 0.25) is 17.7 Å². The van der Waals surface area contributed by atoms with Crippen LogP contribution in [0, 0.1) is 11.8 Å². The summed E-state index contributed by atoms with van der Waals surface area (Å²) in [7, 11) is 0. The fraction of sp³-hybridized carbons (Fsp3) is 0.469. The Labute approximate surface area is 250 Å². The molecule has 3 fully saturated rings. The molecule has 7 nitrogen and oxygen atoms in total. The summed E-state index contributed by atoms with van der Waals surface area (Å²) in [4.78, 5) is 43.8. The van der Waals surface area contributed by atoms with Crippen LogP contribution in [0.2, 0.25) is 10.0 Å². The monoisotopic (exact) mass is 595 g/mol. The number of ether oxygens (including phenoxy) is 1. The standard InChI is InChI=1S/C32H35Cl2N3O4/c1-19(12-13-20-8-4-2-5-9-20)37-28(30(39)35-21-10-6-3-7-11-21)32-17-16-25(41-32)26(27(32)31(37)40)29(38)36-22-14-15-23(33)24(34)18-22/h2,4-5,8-9,14-19,21,25-28H,3,6-7,10-13H2,1H3,(H,35,39)(H,36,38)/t19-,25+,26+,27+,28-,32+/m1/s1. The first-order valence-corrected chi connectivity index (χ1v) is 15.3. The fourth-order valence-electron chi connectivity index (χ4n) is 7.17. The second-order valence-corrected chi connectivity index (χ2v) is 12.6. The number of amides is 3. The highest BCUT2D eigenvalue weighted by Gasteiger charge is 2.73. The van der Waals surface area contributed by atoms with E-state index >= 15 is 0 Å². The zero-order valence-corrected chi connectivity index (χ0v) is 24.5. The van der Waals surface area contributed by atoms with Gasteiger partial charge in [0.05, 0.1) is 28.0 Å². The van der Waals surface area contributed by atoms with Gasteiger partial charge in [0, 0.05) is 17.8 Å². The number of aryl methyl sites for hydroxylation is 1. The largest absolute Gasteiger partial charge is 0.359 e. The lowest BCUT2D eigenvalue weighted by atomic mass is 9.74. The van der Waals surface area contributed by atoms with Gasteiger partial charge in [0.1, 0.15) is 11.6 Å². The second-order valence-electron chi connectivity index (χ2n) is 11.8. The minimum atomic E-state index is -1.19. The topological polar surface area (TPSA) is 87.7 Å². The van der Waals surface area contributed by atoms with E-state index in [1.54, 1.807) is 23.1 Å². The van der Waals surface area contributed by atoms with E-state index < -0.39 is 29.6 Å². The summed E-state index contributed by atoms with van der Waals surface area (Å²) in [6.07, 6.45) is 9.73. The molecule has 6 atom stereocenters. The first-order chi connectivity index (χ1) is 19.8. The van der Waals surface area contributed by atoms with Crippen molar-refractivity contribution in [3.8, 4) is 0 Å². The third-order valence-corrected chi connectivity index (χ3v) is 9.91. The third kappa shape index (κ3) is 5.17. The lowest BCUT2D eigenvalue weighted by Gasteiger charge is -2.36. The minimum absolute atomic E-state index is 0.0830. The number of hydrogen-bond donors (Lipinski definition) is 2. The summed E-state index contributed by atoms with van der Waals surface area (Å²) in [6, 6.07) is 14.0. The van der Waals surface area contributed by atoms with Crippen molar-refractivity contribution < 1.29 is 19.1 Å². The van der Waals surface area contributed by atoms with E-state index in [0.717, 1.165) is 32.1 Å². The molecule has 2 aromatic carbocycles. The molecule has 0 radical (unpaired) electrons. The van der Waals surface area contributed by atoms with Crippen molar-refractivity contribution in [2.75, 3.05) is 5.32 Å². The molecule has 3 heterocycles. The number of likely N-dealkylation sites (tertiary alicyclic amines) is 1. The van der Waals surface area contributed by atoms with Crippen LogP contribution in [0.4, 0.5) is 5.69 Å². The molecule has 2 aromatic rings. The molecule has 41 heavy (non-hydrogen) atoms. The number of nitrogens with zero attached hydrogens (tertiary/aromatic N) is 1. The molecule has 6 rings (SSSR count). The lowest BCUT2D eigenvalue weighted by molar-refractivity contribution is -0.143. The maximum Gasteiger partial charge on any atom is 0.246 e. The van der Waals surface area contributed by atoms with Gasteiger partial charge in [0.25, 0.3) is 0 Å². The van der Waals surface area contributed by atoms with Crippen LogP contribution in [0.1, 0.15) is 51.0 Å². The molecule has 2 saturated heterocycles. The molecule has 2 bridgehead atoms. The number of carbonyl (C=O) groups is 3. The van der Waals surface area contributed by atoms with Crippen LogP contribution in [-0.2, 0) is 25.5 Å². The molecule has 0 unspecified atom stereocenters. The van der Waals surface area contributed by atoms with E-state index in [0.29, 0.717) is 22.2 Å². The van der Waals surface area contributed by atoms with Crippen LogP contribution in [0.3, 0.4) is 0 Å². The van der Waals surface area contributed by atoms with E-state index in [2.05, 4.69) is 22.8 Å². The zero-order chi connectivity index (χ0) is 28.7. The molecule has 216 valence electrons. The predicted molar refractivity (Wildman–Crippen MR) is 159 cm³/mol. The summed E-state index contributed by atoms with van der Waals surface area (Å²) < 4.78 is 6.49. The Morgan fingerprint density at radius 1 is 1.05 bits per heavy atom. The fourth-order valence-corrected chi connectivity index (χ4v) is 7.46. The van der Waals surface area contributed by atoms with E-state index in [4.69, 9.17) is 27.9 Å². The number of anilines is 1. The zero-order valence-electron chi connectivity index (χ0n) is 23.0. The molecule has 3 amide bonds. The minimum Gasteiger partial charge on any atom is -0.359 e. The molecular weight excluding hydrogens is 561 g/mol. The van der Waals surface area contributed by atoms with Gasteiger partial charge in [-0.15, -0.1) is 0 Å². The van der Waals surface area contributed by atoms with Crippen molar-refractivity contribution >= 4 is 46.6 Å². The quantitative estimate of drug-likeness (QED) is 0.391. The summed E-state index contributed by atoms with van der Waals surface area (Å²) in [5.41, 5.74) is 0.458. The van der Waals surface area contributed by atoms with Gasteiger partial charge in [0.15, 0.2) is 0 Å². The highest BCUT2D eigenvalue weighted by Crippen LogP contribution is 2.56. The van der Waals surface area contributed by atoms with Crippen LogP contribution >= 0.6 is 23.2 Å². The summed E-state index contributed by atoms with van der Waals surface area (Å²) in [5, 5.41) is 6.85. The smallest absolute Gasteiger partial charge is 0.246 e. The lowest BCUT2D eigenvalue weighted by Crippen LogP contribution is -2.58. The normalized spacial score (nSPS) is 29.4. The Hall–Kier alpha value is -2.87. The number of fused-ring (bicyclic) bond motifs is 1. The molecular formula is C32H35Cl2N3O4. The Balaban J connectivity index is 1.29. The Morgan fingerprint density at radius 2 is 1.80 bits per heavy atom. The van der Waals surface area contributed by atoms with Gasteiger partial charge in [-0.3, -0.25) is 14.4 Å². The maximum atomic E-state index is 14.3. The van der Waals surface area contributed by atoms with Crippen LogP contribution in [0.5, 0.6) is 0 Å². The van der Waals surface area contributed by atoms with E-state index in [1.165, 1.54) is 12.0 Å². The van der Waals surface area contributed by atoms with E-state index in [-0.39, 0.29) is 29.8 Å². The molecule has 9 heteroatoms. The average Bonchev–Trinajstić information content (AvgIpc) is 3.62. The Morgan fingerprint density at radius 3 is 2.54 bits per heavy atom. The van der Waals surface area contributed by atoms with Crippen molar-refractivity contribution in [1.82, 2.24) is 10.2 Å². The number of rotatable bonds is 8. The Kier molecular flexibility index (Phi) is 7.88. The van der Waals surface area contributed by atoms with Gasteiger partial charge < -0.3 is 20.3 Å². The van der Waals surface area contributed by atoms with Crippen molar-refractivity contribution in [1.29, 1.82) is 0 Å². The van der Waals surface area contributed by atoms with Crippen molar-refractivity contribution in [3.63, 3.8) is 0 Å². The summed E-state index contributed by atoms with van der Waals surface area (Å²) >= 11 is 12.2. The van der Waals surface area contributed by atoms with E-state index in [1.807, 2.05) is 37.3 Å². The number of hydrogen-bond acceptors (Lipinski definition) is 4. The van der Waals surface area contributed by atoms with Crippen LogP contribution < -0.4 is 10.6 Å². The van der Waals surface area contributed by atoms with Gasteiger partial charge in [-0.1, -0.05) is 84.9 Å². The highest BCUT2D eigenvalue weighted by atomic mass is 35.5. The van der Waals surface area contributed by atoms with Gasteiger partial charge >= 0.3 is 0 Å². The summed E-state index contributed by atoms with van der Waals surface area (Å²) in [5.74, 6) is -2.34. The number of halogens is 2.